The Balaban J connectivity index is 2.42. The normalized spacial score (nSPS) is 31.7. The Bertz CT molecular complexity index is 360. The van der Waals surface area contributed by atoms with E-state index in [1.807, 2.05) is 0 Å². The van der Waals surface area contributed by atoms with Crippen LogP contribution in [0.1, 0.15) is 6.42 Å². The highest BCUT2D eigenvalue weighted by molar-refractivity contribution is 8.03. The highest BCUT2D eigenvalue weighted by Crippen LogP contribution is 2.49. The average molecular weight is 229 g/mol. The molecule has 0 radical (unpaired) electrons. The summed E-state index contributed by atoms with van der Waals surface area (Å²) in [5.74, 6) is -1.65. The van der Waals surface area contributed by atoms with Crippen molar-refractivity contribution in [3.05, 3.63) is 0 Å². The Labute approximate surface area is 88.6 Å². The first kappa shape index (κ1) is 10.2. The molecule has 2 heterocycles. The molecule has 0 unspecified atom stereocenters. The summed E-state index contributed by atoms with van der Waals surface area (Å²) in [6.07, 6.45) is 0.821. The van der Waals surface area contributed by atoms with Crippen LogP contribution in [0.4, 0.5) is 0 Å². The first-order valence-corrected chi connectivity index (χ1v) is 5.08. The van der Waals surface area contributed by atoms with Crippen molar-refractivity contribution in [3.63, 3.8) is 0 Å². The van der Waals surface area contributed by atoms with Gasteiger partial charge in [-0.1, -0.05) is 0 Å². The topological polar surface area (TPSA) is 91.8 Å². The summed E-state index contributed by atoms with van der Waals surface area (Å²) in [5, 5.41) is 8.57. The molecule has 0 saturated carbocycles. The number of hydrogen-bond donors (Lipinski definition) is 1. The van der Waals surface area contributed by atoms with E-state index in [4.69, 9.17) is 5.11 Å². The van der Waals surface area contributed by atoms with Gasteiger partial charge in [-0.15, -0.1) is 11.8 Å². The fraction of sp³-hybridized carbons (Fsp3) is 0.500. The number of hydrogen-bond acceptors (Lipinski definition) is 5. The number of aliphatic carboxylic acids is 1. The number of rotatable bonds is 3. The third-order valence-corrected chi connectivity index (χ3v) is 4.09. The molecule has 0 spiro atoms. The minimum Gasteiger partial charge on any atom is -0.480 e. The van der Waals surface area contributed by atoms with Gasteiger partial charge in [-0.25, -0.2) is 4.79 Å². The maximum Gasteiger partial charge on any atom is 0.328 e. The molecular formula is C8H7NO5S. The third kappa shape index (κ3) is 1.12. The van der Waals surface area contributed by atoms with E-state index in [0.29, 0.717) is 12.6 Å². The van der Waals surface area contributed by atoms with Crippen LogP contribution in [0.25, 0.3) is 0 Å². The van der Waals surface area contributed by atoms with Gasteiger partial charge in [0, 0.05) is 0 Å². The zero-order valence-electron chi connectivity index (χ0n) is 7.45. The van der Waals surface area contributed by atoms with Gasteiger partial charge in [0.1, 0.15) is 12.6 Å². The Morgan fingerprint density at radius 2 is 2.13 bits per heavy atom. The molecule has 6 nitrogen and oxygen atoms in total. The van der Waals surface area contributed by atoms with Crippen LogP contribution in [0, 0.1) is 0 Å². The van der Waals surface area contributed by atoms with Crippen LogP contribution in [-0.2, 0) is 19.2 Å². The van der Waals surface area contributed by atoms with Gasteiger partial charge >= 0.3 is 5.97 Å². The molecule has 0 aromatic carbocycles. The molecule has 2 saturated heterocycles. The first-order valence-electron chi connectivity index (χ1n) is 4.20. The second-order valence-corrected chi connectivity index (χ2v) is 4.89. The van der Waals surface area contributed by atoms with Crippen molar-refractivity contribution in [1.82, 2.24) is 4.90 Å². The van der Waals surface area contributed by atoms with Crippen molar-refractivity contribution < 1.29 is 24.3 Å². The fourth-order valence-electron chi connectivity index (χ4n) is 1.85. The van der Waals surface area contributed by atoms with Crippen LogP contribution >= 0.6 is 11.8 Å². The lowest BCUT2D eigenvalue weighted by Crippen LogP contribution is -2.58. The molecule has 0 bridgehead atoms. The van der Waals surface area contributed by atoms with E-state index in [0.717, 1.165) is 16.7 Å². The number of carbonyl (C=O) groups excluding carboxylic acids is 3. The number of carboxylic acids is 1. The van der Waals surface area contributed by atoms with E-state index in [9.17, 15) is 19.2 Å². The number of amides is 1. The van der Waals surface area contributed by atoms with Crippen LogP contribution in [0.2, 0.25) is 0 Å². The van der Waals surface area contributed by atoms with Gasteiger partial charge in [0.2, 0.25) is 5.91 Å². The summed E-state index contributed by atoms with van der Waals surface area (Å²) in [6, 6.07) is -1.36. The number of carbonyl (C=O) groups is 4. The van der Waals surface area contributed by atoms with Gasteiger partial charge < -0.3 is 19.6 Å². The number of nitrogens with zero attached hydrogens (tertiary/aromatic N) is 1. The van der Waals surface area contributed by atoms with Crippen LogP contribution < -0.4 is 0 Å². The van der Waals surface area contributed by atoms with E-state index in [1.165, 1.54) is 0 Å². The van der Waals surface area contributed by atoms with E-state index in [-0.39, 0.29) is 17.7 Å². The molecule has 7 heteroatoms. The molecule has 1 amide bonds. The van der Waals surface area contributed by atoms with Gasteiger partial charge in [0.05, 0.1) is 11.8 Å². The van der Waals surface area contributed by atoms with Crippen molar-refractivity contribution in [2.45, 2.75) is 22.6 Å². The smallest absolute Gasteiger partial charge is 0.328 e. The second-order valence-electron chi connectivity index (χ2n) is 3.41. The van der Waals surface area contributed by atoms with Crippen LogP contribution in [0.5, 0.6) is 0 Å². The molecule has 2 fully saturated rings. The van der Waals surface area contributed by atoms with E-state index < -0.39 is 16.8 Å². The minimum atomic E-state index is -1.64. The molecular weight excluding hydrogens is 222 g/mol. The lowest BCUT2D eigenvalue weighted by molar-refractivity contribution is -0.158. The molecule has 0 aliphatic carbocycles. The standard InChI is InChI=1S/C8H7NO5S/c10-2-8(3-11)6(7(13)14)9-4(12)1-5(9)15-8/h2-3,5-6H,1H2,(H,13,14)/t5-,6+/m1/s1. The average Bonchev–Trinajstić information content (AvgIpc) is 2.47. The summed E-state index contributed by atoms with van der Waals surface area (Å²) in [7, 11) is 0. The van der Waals surface area contributed by atoms with Crippen LogP contribution in [0.15, 0.2) is 0 Å². The Kier molecular flexibility index (Phi) is 2.07. The van der Waals surface area contributed by atoms with E-state index in [2.05, 4.69) is 0 Å². The highest BCUT2D eigenvalue weighted by Gasteiger charge is 2.63. The molecule has 0 aromatic rings. The molecule has 0 aromatic heterocycles. The maximum absolute atomic E-state index is 11.2. The van der Waals surface area contributed by atoms with Gasteiger partial charge in [-0.05, 0) is 0 Å². The quantitative estimate of drug-likeness (QED) is 0.374. The predicted molar refractivity (Wildman–Crippen MR) is 49.1 cm³/mol. The van der Waals surface area contributed by atoms with Gasteiger partial charge in [-0.2, -0.15) is 0 Å². The molecule has 2 atom stereocenters. The van der Waals surface area contributed by atoms with Gasteiger partial charge in [-0.3, -0.25) is 4.79 Å². The monoisotopic (exact) mass is 229 g/mol. The summed E-state index contributed by atoms with van der Waals surface area (Å²) in [5.41, 5.74) is 0. The Morgan fingerprint density at radius 1 is 1.53 bits per heavy atom. The zero-order chi connectivity index (χ0) is 11.2. The van der Waals surface area contributed by atoms with Crippen molar-refractivity contribution in [2.24, 2.45) is 0 Å². The molecule has 2 rings (SSSR count). The van der Waals surface area contributed by atoms with Crippen molar-refractivity contribution in [1.29, 1.82) is 0 Å². The summed E-state index contributed by atoms with van der Waals surface area (Å²) in [6.45, 7) is 0. The molecule has 2 aliphatic rings. The predicted octanol–water partition coefficient (Wildman–Crippen LogP) is -1.12. The number of carboxylic acid groups (broad SMARTS) is 1. The second kappa shape index (κ2) is 3.06. The highest BCUT2D eigenvalue weighted by atomic mass is 32.2. The van der Waals surface area contributed by atoms with Crippen LogP contribution in [0.3, 0.4) is 0 Å². The first-order chi connectivity index (χ1) is 7.05. The molecule has 80 valence electrons. The lowest BCUT2D eigenvalue weighted by atomic mass is 9.97. The minimum absolute atomic E-state index is 0.192. The largest absolute Gasteiger partial charge is 0.480 e. The molecule has 1 N–H and O–H groups in total. The molecule has 15 heavy (non-hydrogen) atoms. The lowest BCUT2D eigenvalue weighted by Gasteiger charge is -2.35. The third-order valence-electron chi connectivity index (χ3n) is 2.60. The van der Waals surface area contributed by atoms with E-state index in [1.54, 1.807) is 0 Å². The van der Waals surface area contributed by atoms with Crippen molar-refractivity contribution >= 4 is 36.2 Å². The number of thioether (sulfide) groups is 1. The van der Waals surface area contributed by atoms with Crippen molar-refractivity contribution in [3.8, 4) is 0 Å². The van der Waals surface area contributed by atoms with E-state index >= 15 is 0 Å². The SMILES string of the molecule is O=CC1(C=O)S[C@@H]2CC(=O)N2[C@H]1C(=O)O. The zero-order valence-corrected chi connectivity index (χ0v) is 8.27. The van der Waals surface area contributed by atoms with Crippen molar-refractivity contribution in [2.75, 3.05) is 0 Å². The van der Waals surface area contributed by atoms with Gasteiger partial charge in [0.25, 0.3) is 0 Å². The Morgan fingerprint density at radius 3 is 2.53 bits per heavy atom. The summed E-state index contributed by atoms with van der Waals surface area (Å²) >= 11 is 0.936. The Hall–Kier alpha value is -1.37. The number of β-lactam (4-membered cyclic amide) rings is 1. The van der Waals surface area contributed by atoms with Gasteiger partial charge in [0.15, 0.2) is 10.8 Å². The summed E-state index contributed by atoms with van der Waals surface area (Å²) < 4.78 is -1.64. The number of fused-ring (bicyclic) bond motifs is 1. The van der Waals surface area contributed by atoms with Crippen LogP contribution in [-0.4, -0.2) is 50.6 Å². The molecule has 2 aliphatic heterocycles. The summed E-state index contributed by atoms with van der Waals surface area (Å²) in [4.78, 5) is 44.9. The number of aldehydes is 2. The fourth-order valence-corrected chi connectivity index (χ4v) is 3.36. The maximum atomic E-state index is 11.2.